The van der Waals surface area contributed by atoms with Gasteiger partial charge in [-0.05, 0) is 18.2 Å². The third-order valence-corrected chi connectivity index (χ3v) is 3.29. The van der Waals surface area contributed by atoms with Crippen LogP contribution in [0.4, 0.5) is 0 Å². The highest BCUT2D eigenvalue weighted by Crippen LogP contribution is 2.13. The highest BCUT2D eigenvalue weighted by Gasteiger charge is 2.14. The molecule has 1 aliphatic heterocycles. The number of nitrogens with one attached hydrogen (secondary N) is 1. The molecule has 0 bridgehead atoms. The van der Waals surface area contributed by atoms with Crippen LogP contribution >= 0.6 is 35.7 Å². The van der Waals surface area contributed by atoms with E-state index in [2.05, 4.69) is 53.1 Å². The van der Waals surface area contributed by atoms with Gasteiger partial charge in [0.1, 0.15) is 5.50 Å². The fourth-order valence-corrected chi connectivity index (χ4v) is 2.20. The van der Waals surface area contributed by atoms with Crippen LogP contribution in [0.25, 0.3) is 0 Å². The maximum absolute atomic E-state index is 4.45. The molecule has 0 spiro atoms. The van der Waals surface area contributed by atoms with Crippen molar-refractivity contribution in [3.05, 3.63) is 35.9 Å². The average molecular weight is 348 g/mol. The Bertz CT molecular complexity index is 329. The number of benzene rings is 1. The lowest BCUT2D eigenvalue weighted by Gasteiger charge is -2.22. The Kier molecular flexibility index (Phi) is 6.38. The van der Waals surface area contributed by atoms with E-state index in [-0.39, 0.29) is 29.5 Å². The lowest BCUT2D eigenvalue weighted by atomic mass is 10.00. The standard InChI is InChI=1S/C12H16N2S.HI/c1-15-12-13-8-11(9-14-12)7-10-5-3-2-4-6-10;/h2-6,8,11-12,14H,7,9H2,1H3;1H. The van der Waals surface area contributed by atoms with Crippen molar-refractivity contribution in [2.45, 2.75) is 11.9 Å². The molecule has 0 amide bonds. The van der Waals surface area contributed by atoms with Crippen molar-refractivity contribution in [3.63, 3.8) is 0 Å². The number of aliphatic imine (C=N–C) groups is 1. The monoisotopic (exact) mass is 348 g/mol. The fourth-order valence-electron chi connectivity index (χ4n) is 1.74. The van der Waals surface area contributed by atoms with Crippen LogP contribution in [-0.2, 0) is 6.42 Å². The van der Waals surface area contributed by atoms with E-state index in [0.29, 0.717) is 5.92 Å². The van der Waals surface area contributed by atoms with Crippen LogP contribution in [0.5, 0.6) is 0 Å². The summed E-state index contributed by atoms with van der Waals surface area (Å²) in [5.74, 6) is 0.538. The predicted octanol–water partition coefficient (Wildman–Crippen LogP) is 2.78. The second kappa shape index (κ2) is 7.29. The van der Waals surface area contributed by atoms with Gasteiger partial charge in [0.15, 0.2) is 0 Å². The van der Waals surface area contributed by atoms with Gasteiger partial charge in [0.25, 0.3) is 0 Å². The summed E-state index contributed by atoms with van der Waals surface area (Å²) in [6, 6.07) is 10.6. The Morgan fingerprint density at radius 2 is 2.12 bits per heavy atom. The Morgan fingerprint density at radius 3 is 2.69 bits per heavy atom. The van der Waals surface area contributed by atoms with Gasteiger partial charge < -0.3 is 0 Å². The molecule has 0 saturated carbocycles. The molecule has 0 aromatic heterocycles. The Morgan fingerprint density at radius 1 is 1.38 bits per heavy atom. The van der Waals surface area contributed by atoms with E-state index >= 15 is 0 Å². The van der Waals surface area contributed by atoms with Crippen LogP contribution in [0.2, 0.25) is 0 Å². The van der Waals surface area contributed by atoms with Gasteiger partial charge in [0.2, 0.25) is 0 Å². The first-order valence-electron chi connectivity index (χ1n) is 5.22. The first-order valence-corrected chi connectivity index (χ1v) is 6.50. The molecule has 1 aliphatic rings. The third-order valence-electron chi connectivity index (χ3n) is 2.55. The number of rotatable bonds is 3. The smallest absolute Gasteiger partial charge is 0.146 e. The van der Waals surface area contributed by atoms with E-state index in [1.807, 2.05) is 0 Å². The third kappa shape index (κ3) is 4.07. The summed E-state index contributed by atoms with van der Waals surface area (Å²) in [5.41, 5.74) is 1.65. The number of nitrogens with zero attached hydrogens (tertiary/aromatic N) is 1. The van der Waals surface area contributed by atoms with Crippen molar-refractivity contribution < 1.29 is 0 Å². The van der Waals surface area contributed by atoms with Crippen molar-refractivity contribution in [2.24, 2.45) is 10.9 Å². The molecule has 1 aromatic rings. The molecular formula is C12H17IN2S. The summed E-state index contributed by atoms with van der Waals surface area (Å²) in [5, 5.41) is 3.40. The quantitative estimate of drug-likeness (QED) is 0.850. The second-order valence-corrected chi connectivity index (χ2v) is 4.66. The molecule has 2 atom stereocenters. The lowest BCUT2D eigenvalue weighted by molar-refractivity contribution is 0.547. The summed E-state index contributed by atoms with van der Waals surface area (Å²) < 4.78 is 0. The van der Waals surface area contributed by atoms with Crippen LogP contribution in [0.15, 0.2) is 35.3 Å². The molecule has 2 rings (SSSR count). The maximum Gasteiger partial charge on any atom is 0.146 e. The van der Waals surface area contributed by atoms with E-state index in [0.717, 1.165) is 13.0 Å². The van der Waals surface area contributed by atoms with Gasteiger partial charge in [0, 0.05) is 18.7 Å². The SMILES string of the molecule is CSC1N=CC(Cc2ccccc2)CN1.I. The largest absolute Gasteiger partial charge is 0.287 e. The minimum Gasteiger partial charge on any atom is -0.287 e. The zero-order valence-electron chi connectivity index (χ0n) is 9.30. The minimum atomic E-state index is 0. The van der Waals surface area contributed by atoms with Gasteiger partial charge >= 0.3 is 0 Å². The summed E-state index contributed by atoms with van der Waals surface area (Å²) in [7, 11) is 0. The van der Waals surface area contributed by atoms with Crippen molar-refractivity contribution in [2.75, 3.05) is 12.8 Å². The molecule has 1 N–H and O–H groups in total. The zero-order valence-corrected chi connectivity index (χ0v) is 12.4. The summed E-state index contributed by atoms with van der Waals surface area (Å²) in [6.07, 6.45) is 5.26. The van der Waals surface area contributed by atoms with Gasteiger partial charge in [-0.25, -0.2) is 0 Å². The average Bonchev–Trinajstić information content (AvgIpc) is 2.31. The van der Waals surface area contributed by atoms with E-state index < -0.39 is 0 Å². The molecule has 0 aliphatic carbocycles. The van der Waals surface area contributed by atoms with Crippen molar-refractivity contribution in [1.82, 2.24) is 5.32 Å². The lowest BCUT2D eigenvalue weighted by Crippen LogP contribution is -2.36. The van der Waals surface area contributed by atoms with E-state index in [1.165, 1.54) is 5.56 Å². The molecule has 1 aromatic carbocycles. The highest BCUT2D eigenvalue weighted by atomic mass is 127. The van der Waals surface area contributed by atoms with Crippen LogP contribution in [-0.4, -0.2) is 24.5 Å². The minimum absolute atomic E-state index is 0. The molecule has 0 radical (unpaired) electrons. The van der Waals surface area contributed by atoms with Crippen LogP contribution in [0.3, 0.4) is 0 Å². The molecule has 16 heavy (non-hydrogen) atoms. The Balaban J connectivity index is 0.00000128. The van der Waals surface area contributed by atoms with Crippen LogP contribution in [0.1, 0.15) is 5.56 Å². The molecule has 4 heteroatoms. The summed E-state index contributed by atoms with van der Waals surface area (Å²) in [6.45, 7) is 1.03. The first kappa shape index (κ1) is 14.0. The van der Waals surface area contributed by atoms with Crippen LogP contribution in [0, 0.1) is 5.92 Å². The predicted molar refractivity (Wildman–Crippen MR) is 82.8 cm³/mol. The second-order valence-electron chi connectivity index (χ2n) is 3.74. The fraction of sp³-hybridized carbons (Fsp3) is 0.417. The van der Waals surface area contributed by atoms with E-state index in [4.69, 9.17) is 0 Å². The van der Waals surface area contributed by atoms with Gasteiger partial charge in [-0.1, -0.05) is 30.3 Å². The molecule has 2 unspecified atom stereocenters. The topological polar surface area (TPSA) is 24.4 Å². The Hall–Kier alpha value is -0.0700. The molecule has 0 fully saturated rings. The van der Waals surface area contributed by atoms with Crippen molar-refractivity contribution in [1.29, 1.82) is 0 Å². The molecular weight excluding hydrogens is 331 g/mol. The summed E-state index contributed by atoms with van der Waals surface area (Å²) in [4.78, 5) is 4.45. The normalized spacial score (nSPS) is 23.8. The van der Waals surface area contributed by atoms with Gasteiger partial charge in [-0.15, -0.1) is 35.7 Å². The molecule has 2 nitrogen and oxygen atoms in total. The van der Waals surface area contributed by atoms with E-state index in [1.54, 1.807) is 11.8 Å². The van der Waals surface area contributed by atoms with Gasteiger partial charge in [0.05, 0.1) is 0 Å². The first-order chi connectivity index (χ1) is 7.38. The summed E-state index contributed by atoms with van der Waals surface area (Å²) >= 11 is 1.75. The van der Waals surface area contributed by atoms with Gasteiger partial charge in [-0.3, -0.25) is 10.3 Å². The van der Waals surface area contributed by atoms with E-state index in [9.17, 15) is 0 Å². The molecule has 1 heterocycles. The van der Waals surface area contributed by atoms with Crippen molar-refractivity contribution in [3.8, 4) is 0 Å². The maximum atomic E-state index is 4.45. The Labute approximate surface area is 118 Å². The number of hydrogen-bond donors (Lipinski definition) is 1. The van der Waals surface area contributed by atoms with Crippen LogP contribution < -0.4 is 5.32 Å². The number of halogens is 1. The number of thioether (sulfide) groups is 1. The molecule has 88 valence electrons. The van der Waals surface area contributed by atoms with Crippen molar-refractivity contribution >= 4 is 42.0 Å². The molecule has 0 saturated heterocycles. The van der Waals surface area contributed by atoms with Gasteiger partial charge in [-0.2, -0.15) is 0 Å². The zero-order chi connectivity index (χ0) is 10.5. The highest BCUT2D eigenvalue weighted by molar-refractivity contribution is 14.0. The number of hydrogen-bond acceptors (Lipinski definition) is 3.